The van der Waals surface area contributed by atoms with Gasteiger partial charge in [0.25, 0.3) is 0 Å². The topological polar surface area (TPSA) is 29.9 Å². The molecule has 0 radical (unpaired) electrons. The highest BCUT2D eigenvalue weighted by atomic mass is 19.4. The van der Waals surface area contributed by atoms with Crippen LogP contribution in [-0.4, -0.2) is 23.4 Å². The third-order valence-corrected chi connectivity index (χ3v) is 3.08. The largest absolute Gasteiger partial charge is 0.435 e. The molecular formula is C10H14F3N3. The van der Waals surface area contributed by atoms with E-state index in [0.717, 1.165) is 25.5 Å². The Hall–Kier alpha value is -1.04. The van der Waals surface area contributed by atoms with E-state index in [1.807, 2.05) is 7.05 Å². The normalized spacial score (nSPS) is 25.5. The fraction of sp³-hybridized carbons (Fsp3) is 0.700. The number of halogens is 3. The molecule has 3 nitrogen and oxygen atoms in total. The van der Waals surface area contributed by atoms with E-state index in [-0.39, 0.29) is 6.04 Å². The van der Waals surface area contributed by atoms with Crippen LogP contribution in [0.5, 0.6) is 0 Å². The maximum absolute atomic E-state index is 12.3. The van der Waals surface area contributed by atoms with Crippen molar-refractivity contribution in [3.05, 3.63) is 18.0 Å². The maximum atomic E-state index is 12.3. The van der Waals surface area contributed by atoms with E-state index < -0.39 is 11.9 Å². The minimum atomic E-state index is -4.34. The van der Waals surface area contributed by atoms with Gasteiger partial charge in [-0.05, 0) is 38.4 Å². The first-order chi connectivity index (χ1) is 7.52. The Bertz CT molecular complexity index is 358. The van der Waals surface area contributed by atoms with Crippen molar-refractivity contribution in [2.75, 3.05) is 13.6 Å². The van der Waals surface area contributed by atoms with Gasteiger partial charge >= 0.3 is 6.18 Å². The molecule has 6 heteroatoms. The Kier molecular flexibility index (Phi) is 2.92. The van der Waals surface area contributed by atoms with E-state index in [9.17, 15) is 13.2 Å². The Morgan fingerprint density at radius 1 is 1.50 bits per heavy atom. The third kappa shape index (κ3) is 2.07. The van der Waals surface area contributed by atoms with Crippen molar-refractivity contribution >= 4 is 0 Å². The number of nitrogens with one attached hydrogen (secondary N) is 1. The van der Waals surface area contributed by atoms with Crippen LogP contribution in [0.3, 0.4) is 0 Å². The highest BCUT2D eigenvalue weighted by molar-refractivity contribution is 5.05. The predicted molar refractivity (Wildman–Crippen MR) is 52.9 cm³/mol. The first-order valence-electron chi connectivity index (χ1n) is 5.29. The summed E-state index contributed by atoms with van der Waals surface area (Å²) in [6.07, 6.45) is -0.957. The fourth-order valence-electron chi connectivity index (χ4n) is 2.07. The zero-order valence-electron chi connectivity index (χ0n) is 8.96. The van der Waals surface area contributed by atoms with Crippen molar-refractivity contribution in [3.8, 4) is 0 Å². The Labute approximate surface area is 91.6 Å². The number of rotatable bonds is 3. The maximum Gasteiger partial charge on any atom is 0.435 e. The first-order valence-corrected chi connectivity index (χ1v) is 5.29. The summed E-state index contributed by atoms with van der Waals surface area (Å²) in [4.78, 5) is 0. The van der Waals surface area contributed by atoms with E-state index in [1.54, 1.807) is 0 Å². The van der Waals surface area contributed by atoms with Crippen LogP contribution >= 0.6 is 0 Å². The molecule has 0 bridgehead atoms. The molecule has 16 heavy (non-hydrogen) atoms. The van der Waals surface area contributed by atoms with Gasteiger partial charge in [0, 0.05) is 6.20 Å². The molecule has 1 aliphatic carbocycles. The molecule has 2 rings (SSSR count). The summed E-state index contributed by atoms with van der Waals surface area (Å²) in [6.45, 7) is 0.825. The van der Waals surface area contributed by atoms with Gasteiger partial charge < -0.3 is 5.32 Å². The van der Waals surface area contributed by atoms with Crippen LogP contribution in [0.4, 0.5) is 13.2 Å². The van der Waals surface area contributed by atoms with Gasteiger partial charge in [0.1, 0.15) is 0 Å². The first kappa shape index (κ1) is 11.4. The summed E-state index contributed by atoms with van der Waals surface area (Å²) in [5.74, 6) is 0.394. The van der Waals surface area contributed by atoms with Crippen molar-refractivity contribution in [2.45, 2.75) is 25.1 Å². The molecule has 90 valence electrons. The minimum absolute atomic E-state index is 0.114. The molecule has 1 aromatic rings. The lowest BCUT2D eigenvalue weighted by Crippen LogP contribution is -2.36. The quantitative estimate of drug-likeness (QED) is 0.866. The molecule has 1 fully saturated rings. The third-order valence-electron chi connectivity index (χ3n) is 3.08. The molecule has 1 N–H and O–H groups in total. The zero-order chi connectivity index (χ0) is 11.8. The summed E-state index contributed by atoms with van der Waals surface area (Å²) >= 11 is 0. The molecule has 0 aromatic carbocycles. The average molecular weight is 233 g/mol. The van der Waals surface area contributed by atoms with Crippen LogP contribution in [0.2, 0.25) is 0 Å². The molecule has 2 unspecified atom stereocenters. The molecule has 0 spiro atoms. The summed E-state index contributed by atoms with van der Waals surface area (Å²) in [6, 6.07) is 1.15. The van der Waals surface area contributed by atoms with Gasteiger partial charge in [0.05, 0.1) is 6.04 Å². The van der Waals surface area contributed by atoms with Crippen LogP contribution < -0.4 is 5.32 Å². The second kappa shape index (κ2) is 4.08. The Morgan fingerprint density at radius 2 is 2.25 bits per heavy atom. The Balaban J connectivity index is 2.08. The summed E-state index contributed by atoms with van der Waals surface area (Å²) in [5.41, 5.74) is -0.803. The van der Waals surface area contributed by atoms with Gasteiger partial charge in [-0.3, -0.25) is 4.68 Å². The highest BCUT2D eigenvalue weighted by Crippen LogP contribution is 2.38. The second-order valence-electron chi connectivity index (χ2n) is 4.14. The van der Waals surface area contributed by atoms with E-state index in [0.29, 0.717) is 5.92 Å². The minimum Gasteiger partial charge on any atom is -0.319 e. The van der Waals surface area contributed by atoms with Crippen molar-refractivity contribution in [1.82, 2.24) is 15.1 Å². The monoisotopic (exact) mass is 233 g/mol. The van der Waals surface area contributed by atoms with Crippen LogP contribution in [0, 0.1) is 5.92 Å². The van der Waals surface area contributed by atoms with Crippen LogP contribution in [0.25, 0.3) is 0 Å². The van der Waals surface area contributed by atoms with Gasteiger partial charge in [-0.2, -0.15) is 18.3 Å². The van der Waals surface area contributed by atoms with E-state index >= 15 is 0 Å². The second-order valence-corrected chi connectivity index (χ2v) is 4.14. The number of alkyl halides is 3. The van der Waals surface area contributed by atoms with Crippen LogP contribution in [0.15, 0.2) is 12.3 Å². The lowest BCUT2D eigenvalue weighted by atomic mass is 9.79. The van der Waals surface area contributed by atoms with E-state index in [4.69, 9.17) is 0 Å². The lowest BCUT2D eigenvalue weighted by molar-refractivity contribution is -0.141. The standard InChI is InChI=1S/C10H14F3N3/c1-14-6-7-2-3-8(7)16-5-4-9(15-16)10(11,12)13/h4-5,7-8,14H,2-3,6H2,1H3. The molecule has 2 atom stereocenters. The van der Waals surface area contributed by atoms with Crippen molar-refractivity contribution in [3.63, 3.8) is 0 Å². The molecule has 1 aliphatic rings. The van der Waals surface area contributed by atoms with Crippen LogP contribution in [-0.2, 0) is 6.18 Å². The number of hydrogen-bond acceptors (Lipinski definition) is 2. The number of aromatic nitrogens is 2. The molecule has 0 saturated heterocycles. The summed E-state index contributed by atoms with van der Waals surface area (Å²) < 4.78 is 38.5. The molecular weight excluding hydrogens is 219 g/mol. The fourth-order valence-corrected chi connectivity index (χ4v) is 2.07. The molecule has 0 aliphatic heterocycles. The smallest absolute Gasteiger partial charge is 0.319 e. The van der Waals surface area contributed by atoms with Crippen molar-refractivity contribution in [1.29, 1.82) is 0 Å². The van der Waals surface area contributed by atoms with E-state index in [1.165, 1.54) is 10.9 Å². The SMILES string of the molecule is CNCC1CCC1n1ccc(C(F)(F)F)n1. The van der Waals surface area contributed by atoms with E-state index in [2.05, 4.69) is 10.4 Å². The lowest BCUT2D eigenvalue weighted by Gasteiger charge is -2.36. The van der Waals surface area contributed by atoms with Gasteiger partial charge in [-0.15, -0.1) is 0 Å². The molecule has 1 aromatic heterocycles. The van der Waals surface area contributed by atoms with Gasteiger partial charge in [0.15, 0.2) is 5.69 Å². The van der Waals surface area contributed by atoms with Gasteiger partial charge in [-0.25, -0.2) is 0 Å². The van der Waals surface area contributed by atoms with Crippen molar-refractivity contribution < 1.29 is 13.2 Å². The van der Waals surface area contributed by atoms with Gasteiger partial charge in [0.2, 0.25) is 0 Å². The molecule has 0 amide bonds. The van der Waals surface area contributed by atoms with Crippen molar-refractivity contribution in [2.24, 2.45) is 5.92 Å². The average Bonchev–Trinajstić information content (AvgIpc) is 2.60. The molecule has 1 saturated carbocycles. The number of nitrogens with zero attached hydrogens (tertiary/aromatic N) is 2. The molecule has 1 heterocycles. The summed E-state index contributed by atoms with van der Waals surface area (Å²) in [7, 11) is 1.85. The number of hydrogen-bond donors (Lipinski definition) is 1. The Morgan fingerprint density at radius 3 is 2.69 bits per heavy atom. The summed E-state index contributed by atoms with van der Waals surface area (Å²) in [5, 5.41) is 6.64. The highest BCUT2D eigenvalue weighted by Gasteiger charge is 2.37. The van der Waals surface area contributed by atoms with Gasteiger partial charge in [-0.1, -0.05) is 0 Å². The zero-order valence-corrected chi connectivity index (χ0v) is 8.96. The van der Waals surface area contributed by atoms with Crippen LogP contribution in [0.1, 0.15) is 24.6 Å². The predicted octanol–water partition coefficient (Wildman–Crippen LogP) is 2.07.